The van der Waals surface area contributed by atoms with Gasteiger partial charge in [-0.25, -0.2) is 13.2 Å². The Hall–Kier alpha value is -1.11. The minimum Gasteiger partial charge on any atom is -0.480 e. The number of hydrogen-bond donors (Lipinski definition) is 2. The molecular formula is C8H15NO5S. The summed E-state index contributed by atoms with van der Waals surface area (Å²) in [5.41, 5.74) is 0. The number of amides is 1. The Morgan fingerprint density at radius 3 is 2.47 bits per heavy atom. The topological polar surface area (TPSA) is 101 Å². The molecule has 0 saturated carbocycles. The number of carbonyl (C=O) groups is 2. The maximum Gasteiger partial charge on any atom is 0.326 e. The number of aliphatic carboxylic acids is 1. The first-order chi connectivity index (χ1) is 6.93. The lowest BCUT2D eigenvalue weighted by atomic mass is 10.2. The van der Waals surface area contributed by atoms with Crippen LogP contribution in [0.5, 0.6) is 0 Å². The van der Waals surface area contributed by atoms with Crippen molar-refractivity contribution in [2.24, 2.45) is 0 Å². The Balaban J connectivity index is 4.21. The predicted molar refractivity (Wildman–Crippen MR) is 54.2 cm³/mol. The molecular weight excluding hydrogens is 222 g/mol. The van der Waals surface area contributed by atoms with Crippen LogP contribution in [0.2, 0.25) is 0 Å². The van der Waals surface area contributed by atoms with E-state index in [9.17, 15) is 18.0 Å². The smallest absolute Gasteiger partial charge is 0.326 e. The molecule has 0 fully saturated rings. The van der Waals surface area contributed by atoms with Gasteiger partial charge in [-0.05, 0) is 12.8 Å². The molecule has 7 heteroatoms. The highest BCUT2D eigenvalue weighted by atomic mass is 32.2. The number of sulfone groups is 1. The van der Waals surface area contributed by atoms with Gasteiger partial charge >= 0.3 is 5.97 Å². The highest BCUT2D eigenvalue weighted by molar-refractivity contribution is 7.91. The second kappa shape index (κ2) is 6.39. The molecule has 0 spiro atoms. The number of hydrogen-bond acceptors (Lipinski definition) is 4. The van der Waals surface area contributed by atoms with Gasteiger partial charge in [-0.15, -0.1) is 0 Å². The van der Waals surface area contributed by atoms with Crippen molar-refractivity contribution in [2.45, 2.75) is 25.8 Å². The largest absolute Gasteiger partial charge is 0.480 e. The highest BCUT2D eigenvalue weighted by Gasteiger charge is 2.19. The van der Waals surface area contributed by atoms with Crippen LogP contribution in [0.15, 0.2) is 0 Å². The summed E-state index contributed by atoms with van der Waals surface area (Å²) in [6, 6.07) is -1.13. The van der Waals surface area contributed by atoms with Crippen LogP contribution in [0.25, 0.3) is 0 Å². The number of nitrogens with one attached hydrogen (secondary N) is 1. The Morgan fingerprint density at radius 1 is 1.47 bits per heavy atom. The summed E-state index contributed by atoms with van der Waals surface area (Å²) in [5, 5.41) is 10.7. The van der Waals surface area contributed by atoms with Gasteiger partial charge < -0.3 is 10.4 Å². The summed E-state index contributed by atoms with van der Waals surface area (Å²) < 4.78 is 22.5. The molecule has 88 valence electrons. The van der Waals surface area contributed by atoms with Gasteiger partial charge in [0.1, 0.15) is 15.9 Å². The van der Waals surface area contributed by atoms with E-state index in [0.717, 1.165) is 0 Å². The molecule has 0 aromatic heterocycles. The normalized spacial score (nSPS) is 13.1. The fraction of sp³-hybridized carbons (Fsp3) is 0.750. The van der Waals surface area contributed by atoms with Crippen molar-refractivity contribution in [3.63, 3.8) is 0 Å². The van der Waals surface area contributed by atoms with Crippen LogP contribution in [0.3, 0.4) is 0 Å². The van der Waals surface area contributed by atoms with E-state index in [-0.39, 0.29) is 24.3 Å². The molecule has 0 bridgehead atoms. The van der Waals surface area contributed by atoms with Crippen molar-refractivity contribution in [1.82, 2.24) is 5.32 Å². The zero-order chi connectivity index (χ0) is 11.9. The average Bonchev–Trinajstić information content (AvgIpc) is 2.11. The second-order valence-electron chi connectivity index (χ2n) is 3.12. The maximum absolute atomic E-state index is 11.3. The van der Waals surface area contributed by atoms with E-state index in [2.05, 4.69) is 5.32 Å². The molecule has 0 saturated heterocycles. The van der Waals surface area contributed by atoms with E-state index in [4.69, 9.17) is 5.11 Å². The first-order valence-electron chi connectivity index (χ1n) is 4.56. The van der Waals surface area contributed by atoms with Crippen molar-refractivity contribution < 1.29 is 23.1 Å². The molecule has 0 heterocycles. The van der Waals surface area contributed by atoms with Crippen LogP contribution in [-0.4, -0.2) is 43.5 Å². The number of rotatable bonds is 8. The van der Waals surface area contributed by atoms with Gasteiger partial charge in [0.25, 0.3) is 0 Å². The summed E-state index contributed by atoms with van der Waals surface area (Å²) in [6.07, 6.45) is 0.656. The minimum atomic E-state index is -3.20. The summed E-state index contributed by atoms with van der Waals surface area (Å²) in [6.45, 7) is 1.73. The first-order valence-corrected chi connectivity index (χ1v) is 6.38. The summed E-state index contributed by atoms with van der Waals surface area (Å²) >= 11 is 0. The lowest BCUT2D eigenvalue weighted by molar-refractivity contribution is -0.140. The number of carboxylic acid groups (broad SMARTS) is 1. The quantitative estimate of drug-likeness (QED) is 0.549. The molecule has 1 unspecified atom stereocenters. The van der Waals surface area contributed by atoms with Gasteiger partial charge in [0, 0.05) is 5.75 Å². The Morgan fingerprint density at radius 2 is 2.07 bits per heavy atom. The van der Waals surface area contributed by atoms with Crippen LogP contribution in [0, 0.1) is 0 Å². The summed E-state index contributed by atoms with van der Waals surface area (Å²) in [5.74, 6) is -1.41. The SMILES string of the molecule is CCCS(=O)(=O)CCC(NC=O)C(=O)O. The third-order valence-corrected chi connectivity index (χ3v) is 3.69. The molecule has 1 atom stereocenters. The minimum absolute atomic E-state index is 0.0421. The molecule has 1 amide bonds. The van der Waals surface area contributed by atoms with Gasteiger partial charge in [0.05, 0.1) is 5.75 Å². The van der Waals surface area contributed by atoms with E-state index in [0.29, 0.717) is 6.42 Å². The third kappa shape index (κ3) is 6.05. The van der Waals surface area contributed by atoms with E-state index < -0.39 is 21.8 Å². The molecule has 0 aliphatic heterocycles. The van der Waals surface area contributed by atoms with E-state index in [1.807, 2.05) is 0 Å². The average molecular weight is 237 g/mol. The zero-order valence-corrected chi connectivity index (χ0v) is 9.29. The van der Waals surface area contributed by atoms with Gasteiger partial charge in [-0.3, -0.25) is 4.79 Å². The molecule has 0 aromatic rings. The monoisotopic (exact) mass is 237 g/mol. The second-order valence-corrected chi connectivity index (χ2v) is 5.42. The number of carboxylic acids is 1. The molecule has 0 rings (SSSR count). The molecule has 0 aliphatic carbocycles. The van der Waals surface area contributed by atoms with Crippen LogP contribution in [0.1, 0.15) is 19.8 Å². The van der Waals surface area contributed by atoms with Crippen LogP contribution in [-0.2, 0) is 19.4 Å². The van der Waals surface area contributed by atoms with Crippen molar-refractivity contribution >= 4 is 22.2 Å². The fourth-order valence-electron chi connectivity index (χ4n) is 1.07. The van der Waals surface area contributed by atoms with E-state index >= 15 is 0 Å². The molecule has 0 aliphatic rings. The highest BCUT2D eigenvalue weighted by Crippen LogP contribution is 2.00. The van der Waals surface area contributed by atoms with Crippen molar-refractivity contribution in [2.75, 3.05) is 11.5 Å². The van der Waals surface area contributed by atoms with Crippen LogP contribution >= 0.6 is 0 Å². The lowest BCUT2D eigenvalue weighted by Gasteiger charge is -2.10. The molecule has 0 radical (unpaired) electrons. The predicted octanol–water partition coefficient (Wildman–Crippen LogP) is -0.599. The third-order valence-electron chi connectivity index (χ3n) is 1.80. The lowest BCUT2D eigenvalue weighted by Crippen LogP contribution is -2.37. The summed E-state index contributed by atoms with van der Waals surface area (Å²) in [7, 11) is -3.20. The van der Waals surface area contributed by atoms with Crippen molar-refractivity contribution in [3.8, 4) is 0 Å². The first kappa shape index (κ1) is 13.9. The Bertz CT molecular complexity index is 311. The summed E-state index contributed by atoms with van der Waals surface area (Å²) in [4.78, 5) is 20.6. The van der Waals surface area contributed by atoms with E-state index in [1.54, 1.807) is 6.92 Å². The van der Waals surface area contributed by atoms with Gasteiger partial charge in [-0.1, -0.05) is 6.92 Å². The Labute approximate surface area is 88.6 Å². The van der Waals surface area contributed by atoms with Crippen molar-refractivity contribution in [1.29, 1.82) is 0 Å². The molecule has 2 N–H and O–H groups in total. The Kier molecular flexibility index (Phi) is 5.92. The maximum atomic E-state index is 11.3. The standard InChI is InChI=1S/C8H15NO5S/c1-2-4-15(13,14)5-3-7(8(11)12)9-6-10/h6-7H,2-5H2,1H3,(H,9,10)(H,11,12). The molecule has 15 heavy (non-hydrogen) atoms. The molecule has 6 nitrogen and oxygen atoms in total. The van der Waals surface area contributed by atoms with Gasteiger partial charge in [0.2, 0.25) is 6.41 Å². The van der Waals surface area contributed by atoms with E-state index in [1.165, 1.54) is 0 Å². The fourth-order valence-corrected chi connectivity index (χ4v) is 2.49. The van der Waals surface area contributed by atoms with Crippen LogP contribution < -0.4 is 5.32 Å². The zero-order valence-electron chi connectivity index (χ0n) is 8.47. The van der Waals surface area contributed by atoms with Crippen molar-refractivity contribution in [3.05, 3.63) is 0 Å². The number of carbonyl (C=O) groups excluding carboxylic acids is 1. The molecule has 0 aromatic carbocycles. The van der Waals surface area contributed by atoms with Crippen LogP contribution in [0.4, 0.5) is 0 Å². The van der Waals surface area contributed by atoms with Gasteiger partial charge in [-0.2, -0.15) is 0 Å². The van der Waals surface area contributed by atoms with Gasteiger partial charge in [0.15, 0.2) is 0 Å².